The second-order valence-electron chi connectivity index (χ2n) is 20.6. The molecule has 0 saturated carbocycles. The molecule has 0 saturated heterocycles. The summed E-state index contributed by atoms with van der Waals surface area (Å²) in [5, 5.41) is 15.1. The molecule has 0 aromatic heterocycles. The van der Waals surface area contributed by atoms with Gasteiger partial charge in [0.1, 0.15) is 11.5 Å². The first-order valence-electron chi connectivity index (χ1n) is 26.9. The lowest BCUT2D eigenvalue weighted by Gasteiger charge is -2.27. The lowest BCUT2D eigenvalue weighted by Crippen LogP contribution is -2.10. The average Bonchev–Trinajstić information content (AvgIpc) is 4.21. The summed E-state index contributed by atoms with van der Waals surface area (Å²) in [5.74, 6) is 2.61. The SMILES string of the molecule is CCC(C)c1ccc(N(c2ccc(OC)cc2)c2ccc3c4c(-c5ccccc5)c5c6ccc(N(c7ccc(OC)cc7)c7ccc(C(C)CC)cc7)c7cccc(c5c(-c5ccccc5)c4c4cccc2c43)c76)cc1. The number of hydrogen-bond acceptors (Lipinski definition) is 4. The Bertz CT molecular complexity index is 3880. The number of nitrogens with zero attached hydrogens (tertiary/aromatic N) is 2. The van der Waals surface area contributed by atoms with Crippen molar-refractivity contribution in [1.82, 2.24) is 0 Å². The van der Waals surface area contributed by atoms with Gasteiger partial charge in [-0.25, -0.2) is 0 Å². The first-order valence-corrected chi connectivity index (χ1v) is 26.9. The van der Waals surface area contributed by atoms with Gasteiger partial charge in [0.25, 0.3) is 0 Å². The summed E-state index contributed by atoms with van der Waals surface area (Å²) in [6, 6.07) is 81.1. The predicted molar refractivity (Wildman–Crippen MR) is 325 cm³/mol. The molecule has 13 aromatic rings. The third-order valence-corrected chi connectivity index (χ3v) is 16.5. The van der Waals surface area contributed by atoms with Crippen LogP contribution >= 0.6 is 0 Å². The Morgan fingerprint density at radius 2 is 0.632 bits per heavy atom. The molecule has 370 valence electrons. The van der Waals surface area contributed by atoms with Gasteiger partial charge in [-0.3, -0.25) is 0 Å². The highest BCUT2D eigenvalue weighted by atomic mass is 16.5. The largest absolute Gasteiger partial charge is 0.497 e. The molecule has 0 aliphatic rings. The summed E-state index contributed by atoms with van der Waals surface area (Å²) >= 11 is 0. The van der Waals surface area contributed by atoms with Crippen molar-refractivity contribution in [3.8, 4) is 33.8 Å². The van der Waals surface area contributed by atoms with E-state index in [1.807, 2.05) is 0 Å². The van der Waals surface area contributed by atoms with Gasteiger partial charge in [-0.15, -0.1) is 0 Å². The fraction of sp³-hybridized carbons (Fsp3) is 0.139. The highest BCUT2D eigenvalue weighted by Gasteiger charge is 2.30. The number of methoxy groups -OCH3 is 2. The first kappa shape index (κ1) is 46.9. The third kappa shape index (κ3) is 7.49. The lowest BCUT2D eigenvalue weighted by molar-refractivity contribution is 0.414. The number of benzene rings is 11. The molecular weight excluding hydrogens is 925 g/mol. The highest BCUT2D eigenvalue weighted by molar-refractivity contribution is 6.47. The van der Waals surface area contributed by atoms with Gasteiger partial charge in [0.15, 0.2) is 0 Å². The van der Waals surface area contributed by atoms with Crippen molar-refractivity contribution < 1.29 is 9.47 Å². The minimum Gasteiger partial charge on any atom is -0.497 e. The Labute approximate surface area is 445 Å². The summed E-state index contributed by atoms with van der Waals surface area (Å²) < 4.78 is 11.4. The third-order valence-electron chi connectivity index (χ3n) is 16.5. The van der Waals surface area contributed by atoms with E-state index in [1.165, 1.54) is 98.0 Å². The minimum atomic E-state index is 0.477. The number of rotatable bonds is 14. The zero-order chi connectivity index (χ0) is 51.6. The molecule has 0 amide bonds. The second-order valence-corrected chi connectivity index (χ2v) is 20.6. The quantitative estimate of drug-likeness (QED) is 0.108. The van der Waals surface area contributed by atoms with Crippen molar-refractivity contribution in [2.45, 2.75) is 52.4 Å². The molecule has 0 fully saturated rings. The molecule has 2 atom stereocenters. The maximum absolute atomic E-state index is 5.68. The van der Waals surface area contributed by atoms with Crippen LogP contribution < -0.4 is 19.3 Å². The zero-order valence-electron chi connectivity index (χ0n) is 44.1. The van der Waals surface area contributed by atoms with Gasteiger partial charge in [-0.2, -0.15) is 0 Å². The summed E-state index contributed by atoms with van der Waals surface area (Å²) in [7, 11) is 3.46. The van der Waals surface area contributed by atoms with Gasteiger partial charge >= 0.3 is 0 Å². The van der Waals surface area contributed by atoms with Crippen LogP contribution in [0, 0.1) is 0 Å². The van der Waals surface area contributed by atoms with E-state index in [-0.39, 0.29) is 0 Å². The molecule has 4 heteroatoms. The molecule has 76 heavy (non-hydrogen) atoms. The fourth-order valence-corrected chi connectivity index (χ4v) is 12.3. The maximum atomic E-state index is 5.68. The average molecular weight is 985 g/mol. The van der Waals surface area contributed by atoms with Crippen molar-refractivity contribution >= 4 is 98.8 Å². The van der Waals surface area contributed by atoms with E-state index in [0.717, 1.165) is 58.5 Å². The van der Waals surface area contributed by atoms with Crippen molar-refractivity contribution in [3.05, 3.63) is 230 Å². The second kappa shape index (κ2) is 19.1. The molecule has 0 bridgehead atoms. The molecule has 0 radical (unpaired) electrons. The van der Waals surface area contributed by atoms with Crippen LogP contribution in [-0.4, -0.2) is 14.2 Å². The summed E-state index contributed by atoms with van der Waals surface area (Å²) in [6.45, 7) is 9.14. The van der Waals surface area contributed by atoms with Crippen LogP contribution in [0.2, 0.25) is 0 Å². The van der Waals surface area contributed by atoms with Crippen LogP contribution in [0.1, 0.15) is 63.5 Å². The molecule has 4 nitrogen and oxygen atoms in total. The molecule has 0 aliphatic heterocycles. The van der Waals surface area contributed by atoms with E-state index < -0.39 is 0 Å². The monoisotopic (exact) mass is 984 g/mol. The summed E-state index contributed by atoms with van der Waals surface area (Å²) in [5.41, 5.74) is 14.2. The number of anilines is 6. The van der Waals surface area contributed by atoms with E-state index in [4.69, 9.17) is 9.47 Å². The molecule has 0 spiro atoms. The van der Waals surface area contributed by atoms with E-state index in [9.17, 15) is 0 Å². The Morgan fingerprint density at radius 1 is 0.316 bits per heavy atom. The van der Waals surface area contributed by atoms with Crippen LogP contribution in [0.5, 0.6) is 11.5 Å². The Morgan fingerprint density at radius 3 is 0.961 bits per heavy atom. The molecule has 0 N–H and O–H groups in total. The van der Waals surface area contributed by atoms with Crippen molar-refractivity contribution in [2.75, 3.05) is 24.0 Å². The standard InChI is InChI=1S/C72H60N2O2/c1-7-45(3)47-25-29-51(30-26-47)73(53-33-37-55(75-5)38-34-53)63-43-41-61-67-57(63)21-15-23-59(67)69-65(49-17-11-9-12-18-49)70-60-24-16-22-58-64(44-42-62(68(58)60)72(70)66(71(61)69)50-19-13-10-14-20-50)74(54-35-39-56(76-6)40-36-54)52-31-27-48(28-32-52)46(4)8-2/h9-46H,7-8H2,1-6H3. The number of hydrogen-bond donors (Lipinski definition) is 0. The van der Waals surface area contributed by atoms with Crippen LogP contribution in [0.3, 0.4) is 0 Å². The fourth-order valence-electron chi connectivity index (χ4n) is 12.3. The van der Waals surface area contributed by atoms with Gasteiger partial charge in [-0.1, -0.05) is 161 Å². The highest BCUT2D eigenvalue weighted by Crippen LogP contribution is 2.58. The van der Waals surface area contributed by atoms with Crippen molar-refractivity contribution in [1.29, 1.82) is 0 Å². The van der Waals surface area contributed by atoms with E-state index in [0.29, 0.717) is 11.8 Å². The minimum absolute atomic E-state index is 0.477. The van der Waals surface area contributed by atoms with Crippen LogP contribution in [0.25, 0.3) is 86.9 Å². The van der Waals surface area contributed by atoms with E-state index >= 15 is 0 Å². The maximum Gasteiger partial charge on any atom is 0.119 e. The Hall–Kier alpha value is -8.86. The molecule has 13 rings (SSSR count). The van der Waals surface area contributed by atoms with Crippen LogP contribution in [0.4, 0.5) is 34.1 Å². The van der Waals surface area contributed by atoms with Gasteiger partial charge in [0, 0.05) is 33.5 Å². The molecule has 2 unspecified atom stereocenters. The lowest BCUT2D eigenvalue weighted by atomic mass is 9.87. The van der Waals surface area contributed by atoms with Gasteiger partial charge in [-0.05, 0) is 197 Å². The van der Waals surface area contributed by atoms with Crippen molar-refractivity contribution in [3.63, 3.8) is 0 Å². The smallest absolute Gasteiger partial charge is 0.119 e. The van der Waals surface area contributed by atoms with Gasteiger partial charge in [0.05, 0.1) is 25.6 Å². The Kier molecular flexibility index (Phi) is 11.8. The van der Waals surface area contributed by atoms with Crippen LogP contribution in [-0.2, 0) is 0 Å². The zero-order valence-corrected chi connectivity index (χ0v) is 44.1. The molecule has 13 aromatic carbocycles. The number of ether oxygens (including phenoxy) is 2. The summed E-state index contributed by atoms with van der Waals surface area (Å²) in [6.07, 6.45) is 2.18. The normalized spacial score (nSPS) is 12.6. The topological polar surface area (TPSA) is 24.9 Å². The Balaban J connectivity index is 1.14. The van der Waals surface area contributed by atoms with Gasteiger partial charge in [0.2, 0.25) is 0 Å². The van der Waals surface area contributed by atoms with Crippen molar-refractivity contribution in [2.24, 2.45) is 0 Å². The number of fused-ring (bicyclic) bond motifs is 6. The first-order chi connectivity index (χ1) is 37.4. The van der Waals surface area contributed by atoms with E-state index in [1.54, 1.807) is 14.2 Å². The van der Waals surface area contributed by atoms with Crippen LogP contribution in [0.15, 0.2) is 218 Å². The van der Waals surface area contributed by atoms with Gasteiger partial charge < -0.3 is 19.3 Å². The summed E-state index contributed by atoms with van der Waals surface area (Å²) in [4.78, 5) is 4.84. The molecular formula is C72H60N2O2. The molecule has 0 aliphatic carbocycles. The molecule has 0 heterocycles. The van der Waals surface area contributed by atoms with E-state index in [2.05, 4.69) is 256 Å². The predicted octanol–water partition coefficient (Wildman–Crippen LogP) is 20.8.